The molecule has 3 rings (SSSR count). The number of benzene rings is 2. The Kier molecular flexibility index (Phi) is 4.04. The third-order valence-electron chi connectivity index (χ3n) is 3.02. The highest BCUT2D eigenvalue weighted by Gasteiger charge is 2.36. The second-order valence-corrected chi connectivity index (χ2v) is 7.35. The second kappa shape index (κ2) is 5.51. The van der Waals surface area contributed by atoms with E-state index in [-0.39, 0.29) is 5.91 Å². The van der Waals surface area contributed by atoms with Crippen LogP contribution >= 0.6 is 69.0 Å². The van der Waals surface area contributed by atoms with Crippen molar-refractivity contribution in [2.24, 2.45) is 0 Å². The summed E-state index contributed by atoms with van der Waals surface area (Å²) < 4.78 is 1.91. The van der Waals surface area contributed by atoms with E-state index in [2.05, 4.69) is 45.2 Å². The molecule has 1 heterocycles. The first-order valence-electron chi connectivity index (χ1n) is 5.63. The number of hydrogen-bond acceptors (Lipinski definition) is 2. The summed E-state index contributed by atoms with van der Waals surface area (Å²) in [5.74, 6) is -0.0739. The summed E-state index contributed by atoms with van der Waals surface area (Å²) in [5, 5.41) is 0.632. The average Bonchev–Trinajstić information content (AvgIpc) is 2.69. The Labute approximate surface area is 153 Å². The van der Waals surface area contributed by atoms with Crippen molar-refractivity contribution in [3.63, 3.8) is 0 Å². The number of carbonyl (C=O) groups excluding carboxylic acids is 1. The number of anilines is 1. The zero-order valence-corrected chi connectivity index (χ0v) is 15.7. The number of hydrogen-bond donors (Lipinski definition) is 0. The van der Waals surface area contributed by atoms with Gasteiger partial charge in [-0.3, -0.25) is 9.69 Å². The molecule has 0 bridgehead atoms. The Morgan fingerprint density at radius 3 is 2.05 bits per heavy atom. The molecule has 1 amide bonds. The van der Waals surface area contributed by atoms with E-state index in [1.165, 1.54) is 0 Å². The van der Waals surface area contributed by atoms with Gasteiger partial charge in [0.2, 0.25) is 0 Å². The highest BCUT2D eigenvalue weighted by Crippen LogP contribution is 2.34. The summed E-state index contributed by atoms with van der Waals surface area (Å²) in [5.41, 5.74) is 2.29. The van der Waals surface area contributed by atoms with Gasteiger partial charge in [-0.15, -0.1) is 0 Å². The third kappa shape index (κ3) is 2.28. The second-order valence-electron chi connectivity index (χ2n) is 4.20. The van der Waals surface area contributed by atoms with Crippen LogP contribution in [0.15, 0.2) is 36.4 Å². The molecular weight excluding hydrogens is 519 g/mol. The Hall–Kier alpha value is -0.250. The lowest BCUT2D eigenvalue weighted by molar-refractivity contribution is 0.101. The lowest BCUT2D eigenvalue weighted by atomic mass is 10.1. The molecule has 2 nitrogen and oxygen atoms in total. The summed E-state index contributed by atoms with van der Waals surface area (Å²) in [7, 11) is 0. The van der Waals surface area contributed by atoms with Crippen LogP contribution in [0.2, 0.25) is 5.02 Å². The van der Waals surface area contributed by atoms with Gasteiger partial charge < -0.3 is 0 Å². The van der Waals surface area contributed by atoms with E-state index in [9.17, 15) is 4.79 Å². The predicted molar refractivity (Wildman–Crippen MR) is 102 cm³/mol. The fourth-order valence-corrected chi connectivity index (χ4v) is 4.20. The smallest absolute Gasteiger partial charge is 0.265 e. The molecule has 6 heteroatoms. The van der Waals surface area contributed by atoms with E-state index in [4.69, 9.17) is 23.8 Å². The molecule has 0 N–H and O–H groups in total. The van der Waals surface area contributed by atoms with E-state index in [1.807, 2.05) is 12.1 Å². The van der Waals surface area contributed by atoms with Crippen LogP contribution in [-0.4, -0.2) is 10.9 Å². The third-order valence-corrected chi connectivity index (χ3v) is 5.46. The lowest BCUT2D eigenvalue weighted by Crippen LogP contribution is -2.28. The molecule has 2 aromatic carbocycles. The summed E-state index contributed by atoms with van der Waals surface area (Å²) in [4.78, 5) is 14.8. The van der Waals surface area contributed by atoms with Crippen LogP contribution in [-0.2, 0) is 0 Å². The standard InChI is InChI=1S/C14H6ClI2NOS/c15-7-1-3-8(4-2-7)18-13(19)11-9(16)5-6-10(17)12(11)14(18)20/h1-6H. The van der Waals surface area contributed by atoms with Gasteiger partial charge in [0, 0.05) is 17.7 Å². The highest BCUT2D eigenvalue weighted by atomic mass is 127. The lowest BCUT2D eigenvalue weighted by Gasteiger charge is -2.16. The van der Waals surface area contributed by atoms with E-state index in [0.29, 0.717) is 15.6 Å². The maximum atomic E-state index is 12.7. The molecule has 0 radical (unpaired) electrons. The number of carbonyl (C=O) groups is 1. The van der Waals surface area contributed by atoms with Crippen molar-refractivity contribution in [1.82, 2.24) is 0 Å². The molecule has 2 aromatic rings. The Morgan fingerprint density at radius 1 is 0.950 bits per heavy atom. The van der Waals surface area contributed by atoms with Gasteiger partial charge in [0.15, 0.2) is 0 Å². The molecule has 0 fully saturated rings. The minimum absolute atomic E-state index is 0.0739. The zero-order chi connectivity index (χ0) is 14.4. The van der Waals surface area contributed by atoms with Crippen molar-refractivity contribution in [2.75, 3.05) is 4.90 Å². The van der Waals surface area contributed by atoms with E-state index in [0.717, 1.165) is 18.4 Å². The molecule has 0 aliphatic carbocycles. The molecule has 1 aliphatic heterocycles. The van der Waals surface area contributed by atoms with Crippen molar-refractivity contribution < 1.29 is 4.79 Å². The molecule has 100 valence electrons. The number of halogens is 3. The maximum absolute atomic E-state index is 12.7. The fourth-order valence-electron chi connectivity index (χ4n) is 2.11. The highest BCUT2D eigenvalue weighted by molar-refractivity contribution is 14.1. The molecule has 0 aromatic heterocycles. The minimum Gasteiger partial charge on any atom is -0.268 e. The predicted octanol–water partition coefficient (Wildman–Crippen LogP) is 4.89. The van der Waals surface area contributed by atoms with Crippen molar-refractivity contribution >= 4 is 85.6 Å². The Balaban J connectivity index is 2.17. The van der Waals surface area contributed by atoms with Gasteiger partial charge in [0.25, 0.3) is 5.91 Å². The number of thiocarbonyl (C=S) groups is 1. The van der Waals surface area contributed by atoms with Gasteiger partial charge in [0.1, 0.15) is 4.99 Å². The van der Waals surface area contributed by atoms with E-state index >= 15 is 0 Å². The van der Waals surface area contributed by atoms with Crippen LogP contribution in [0.3, 0.4) is 0 Å². The van der Waals surface area contributed by atoms with Crippen LogP contribution in [0.25, 0.3) is 0 Å². The number of amides is 1. The van der Waals surface area contributed by atoms with Crippen molar-refractivity contribution in [2.45, 2.75) is 0 Å². The first-order chi connectivity index (χ1) is 9.50. The minimum atomic E-state index is -0.0739. The van der Waals surface area contributed by atoms with Crippen LogP contribution in [0.4, 0.5) is 5.69 Å². The van der Waals surface area contributed by atoms with Gasteiger partial charge in [-0.1, -0.05) is 23.8 Å². The normalized spacial score (nSPS) is 13.8. The van der Waals surface area contributed by atoms with Crippen LogP contribution in [0.1, 0.15) is 15.9 Å². The van der Waals surface area contributed by atoms with Crippen molar-refractivity contribution in [3.8, 4) is 0 Å². The molecule has 0 saturated carbocycles. The van der Waals surface area contributed by atoms with Gasteiger partial charge in [-0.05, 0) is 81.6 Å². The van der Waals surface area contributed by atoms with Crippen molar-refractivity contribution in [1.29, 1.82) is 0 Å². The van der Waals surface area contributed by atoms with Gasteiger partial charge in [-0.25, -0.2) is 0 Å². The summed E-state index contributed by atoms with van der Waals surface area (Å²) in [6, 6.07) is 11.0. The average molecular weight is 526 g/mol. The van der Waals surface area contributed by atoms with Crippen LogP contribution in [0.5, 0.6) is 0 Å². The van der Waals surface area contributed by atoms with Gasteiger partial charge in [-0.2, -0.15) is 0 Å². The number of fused-ring (bicyclic) bond motifs is 1. The van der Waals surface area contributed by atoms with E-state index in [1.54, 1.807) is 29.2 Å². The SMILES string of the molecule is O=C1c2c(I)ccc(I)c2C(=S)N1c1ccc(Cl)cc1. The van der Waals surface area contributed by atoms with E-state index < -0.39 is 0 Å². The number of nitrogens with zero attached hydrogens (tertiary/aromatic N) is 1. The van der Waals surface area contributed by atoms with Crippen molar-refractivity contribution in [3.05, 3.63) is 59.7 Å². The van der Waals surface area contributed by atoms with Gasteiger partial charge >= 0.3 is 0 Å². The maximum Gasteiger partial charge on any atom is 0.265 e. The zero-order valence-electron chi connectivity index (χ0n) is 9.86. The summed E-state index contributed by atoms with van der Waals surface area (Å²) in [6.07, 6.45) is 0. The fraction of sp³-hybridized carbons (Fsp3) is 0. The first-order valence-corrected chi connectivity index (χ1v) is 8.57. The van der Waals surface area contributed by atoms with Crippen LogP contribution in [0, 0.1) is 7.14 Å². The van der Waals surface area contributed by atoms with Gasteiger partial charge in [0.05, 0.1) is 11.3 Å². The monoisotopic (exact) mass is 525 g/mol. The summed E-state index contributed by atoms with van der Waals surface area (Å²) >= 11 is 15.8. The quantitative estimate of drug-likeness (QED) is 0.391. The largest absolute Gasteiger partial charge is 0.268 e. The first kappa shape index (κ1) is 14.7. The van der Waals surface area contributed by atoms with Crippen LogP contribution < -0.4 is 4.90 Å². The molecule has 0 saturated heterocycles. The molecule has 1 aliphatic rings. The molecule has 0 unspecified atom stereocenters. The molecule has 0 atom stereocenters. The topological polar surface area (TPSA) is 20.3 Å². The Bertz CT molecular complexity index is 705. The summed E-state index contributed by atoms with van der Waals surface area (Å²) in [6.45, 7) is 0. The Morgan fingerprint density at radius 2 is 1.50 bits per heavy atom. The number of rotatable bonds is 1. The molecular formula is C14H6ClI2NOS. The molecule has 0 spiro atoms. The molecule has 20 heavy (non-hydrogen) atoms.